The average Bonchev–Trinajstić information content (AvgIpc) is 2.38. The van der Waals surface area contributed by atoms with Gasteiger partial charge in [-0.05, 0) is 24.6 Å². The van der Waals surface area contributed by atoms with Crippen LogP contribution in [0.15, 0.2) is 18.1 Å². The zero-order valence-corrected chi connectivity index (χ0v) is 9.03. The number of phenols is 2. The molecule has 96 valence electrons. The van der Waals surface area contributed by atoms with Gasteiger partial charge < -0.3 is 20.8 Å². The van der Waals surface area contributed by atoms with Crippen LogP contribution in [0.5, 0.6) is 11.5 Å². The highest BCUT2D eigenvalue weighted by atomic mass is 16.4. The number of aliphatic carboxylic acids is 1. The first-order chi connectivity index (χ1) is 8.65. The number of rotatable bonds is 4. The molecule has 0 spiro atoms. The first-order valence-corrected chi connectivity index (χ1v) is 4.37. The number of hydrogen-bond donors (Lipinski definition) is 5. The van der Waals surface area contributed by atoms with Gasteiger partial charge in [0.2, 0.25) is 0 Å². The lowest BCUT2D eigenvalue weighted by atomic mass is 9.93. The van der Waals surface area contributed by atoms with E-state index in [0.29, 0.717) is 0 Å². The summed E-state index contributed by atoms with van der Waals surface area (Å²) in [7, 11) is 0. The van der Waals surface area contributed by atoms with Crippen LogP contribution >= 0.6 is 0 Å². The van der Waals surface area contributed by atoms with Crippen LogP contribution in [0.4, 0.5) is 0 Å². The fourth-order valence-corrected chi connectivity index (χ4v) is 1.06. The molecule has 1 aromatic carbocycles. The highest BCUT2D eigenvalue weighted by molar-refractivity contribution is 5.78. The van der Waals surface area contributed by atoms with E-state index in [4.69, 9.17) is 15.1 Å². The summed E-state index contributed by atoms with van der Waals surface area (Å²) in [4.78, 5) is 11.1. The number of aromatic hydroxyl groups is 2. The molecule has 0 bridgehead atoms. The van der Waals surface area contributed by atoms with Crippen LogP contribution < -0.4 is 11.3 Å². The fraction of sp³-hybridized carbons (Fsp3) is 0.300. The first kappa shape index (κ1) is 10.3. The van der Waals surface area contributed by atoms with Crippen molar-refractivity contribution in [2.75, 3.05) is 0 Å². The summed E-state index contributed by atoms with van der Waals surface area (Å²) in [6.45, 7) is 1.24. The molecule has 17 heavy (non-hydrogen) atoms. The van der Waals surface area contributed by atoms with Crippen LogP contribution in [0.3, 0.4) is 0 Å². The van der Waals surface area contributed by atoms with Crippen molar-refractivity contribution >= 4 is 5.97 Å². The van der Waals surface area contributed by atoms with Gasteiger partial charge in [-0.2, -0.15) is 0 Å². The second kappa shape index (κ2) is 5.48. The monoisotopic (exact) mass is 247 g/mol. The van der Waals surface area contributed by atoms with Crippen LogP contribution in [0.1, 0.15) is 16.6 Å². The number of carboxylic acid groups (broad SMARTS) is 1. The van der Waals surface area contributed by atoms with Crippen molar-refractivity contribution in [3.05, 3.63) is 23.7 Å². The van der Waals surface area contributed by atoms with Crippen molar-refractivity contribution < 1.29 is 29.7 Å². The van der Waals surface area contributed by atoms with E-state index in [0.717, 1.165) is 0 Å². The Morgan fingerprint density at radius 2 is 2.12 bits per heavy atom. The Hall–Kier alpha value is -1.83. The molecule has 0 fully saturated rings. The lowest BCUT2D eigenvalue weighted by molar-refractivity contribution is -0.144. The molecular weight excluding hydrogens is 228 g/mol. The fourth-order valence-electron chi connectivity index (χ4n) is 1.06. The largest absolute Gasteiger partial charge is 0.504 e. The van der Waals surface area contributed by atoms with E-state index in [-0.39, 0.29) is 11.0 Å². The second-order valence-electron chi connectivity index (χ2n) is 3.51. The SMILES string of the molecule is O.[2H]c1c([2H])c(C[C@](C)(NN)C(=O)O)c([2H])c(O)c1O. The van der Waals surface area contributed by atoms with Gasteiger partial charge in [0.1, 0.15) is 5.54 Å². The number of nitrogens with one attached hydrogen (secondary N) is 1. The molecule has 0 unspecified atom stereocenters. The molecule has 0 saturated heterocycles. The first-order valence-electron chi connectivity index (χ1n) is 5.87. The van der Waals surface area contributed by atoms with Crippen LogP contribution in [0, 0.1) is 0 Å². The molecule has 1 atom stereocenters. The van der Waals surface area contributed by atoms with Gasteiger partial charge in [0.25, 0.3) is 0 Å². The van der Waals surface area contributed by atoms with E-state index < -0.39 is 47.6 Å². The molecule has 0 aliphatic carbocycles. The molecule has 7 nitrogen and oxygen atoms in total. The number of hydrazine groups is 1. The maximum atomic E-state index is 11.1. The topological polar surface area (TPSA) is 147 Å². The number of carboxylic acids is 1. The van der Waals surface area contributed by atoms with Crippen LogP contribution in [-0.4, -0.2) is 32.3 Å². The second-order valence-corrected chi connectivity index (χ2v) is 3.51. The quantitative estimate of drug-likeness (QED) is 0.265. The third kappa shape index (κ3) is 3.31. The molecular formula is C10H16N2O5. The third-order valence-corrected chi connectivity index (χ3v) is 2.15. The predicted molar refractivity (Wildman–Crippen MR) is 60.5 cm³/mol. The molecule has 0 heterocycles. The predicted octanol–water partition coefficient (Wildman–Crippen LogP) is -0.878. The molecule has 0 saturated carbocycles. The Morgan fingerprint density at radius 3 is 2.59 bits per heavy atom. The summed E-state index contributed by atoms with van der Waals surface area (Å²) >= 11 is 0. The van der Waals surface area contributed by atoms with Gasteiger partial charge in [-0.15, -0.1) is 0 Å². The van der Waals surface area contributed by atoms with Crippen molar-refractivity contribution in [3.63, 3.8) is 0 Å². The average molecular weight is 247 g/mol. The van der Waals surface area contributed by atoms with E-state index in [1.807, 2.05) is 0 Å². The lowest BCUT2D eigenvalue weighted by Gasteiger charge is -2.23. The van der Waals surface area contributed by atoms with Gasteiger partial charge in [-0.1, -0.05) is 6.04 Å². The Morgan fingerprint density at radius 1 is 1.53 bits per heavy atom. The molecule has 0 radical (unpaired) electrons. The van der Waals surface area contributed by atoms with E-state index in [9.17, 15) is 15.0 Å². The Kier molecular flexibility index (Phi) is 3.33. The minimum atomic E-state index is -1.67. The normalized spacial score (nSPS) is 16.0. The van der Waals surface area contributed by atoms with Crippen molar-refractivity contribution in [1.82, 2.24) is 5.43 Å². The molecule has 0 aliphatic heterocycles. The van der Waals surface area contributed by atoms with E-state index in [1.54, 1.807) is 0 Å². The lowest BCUT2D eigenvalue weighted by Crippen LogP contribution is -2.54. The molecule has 1 rings (SSSR count). The smallest absolute Gasteiger partial charge is 0.325 e. The zero-order valence-electron chi connectivity index (χ0n) is 12.0. The summed E-state index contributed by atoms with van der Waals surface area (Å²) in [5.41, 5.74) is 0.206. The molecule has 0 aromatic heterocycles. The van der Waals surface area contributed by atoms with Crippen molar-refractivity contribution in [3.8, 4) is 11.5 Å². The maximum Gasteiger partial charge on any atom is 0.325 e. The summed E-state index contributed by atoms with van der Waals surface area (Å²) in [6, 6.07) is -1.79. The minimum Gasteiger partial charge on any atom is -0.504 e. The van der Waals surface area contributed by atoms with Crippen LogP contribution in [-0.2, 0) is 11.2 Å². The third-order valence-electron chi connectivity index (χ3n) is 2.15. The van der Waals surface area contributed by atoms with Crippen molar-refractivity contribution in [1.29, 1.82) is 0 Å². The summed E-state index contributed by atoms with van der Waals surface area (Å²) in [6.07, 6.45) is -0.393. The standard InChI is InChI=1S/C10H14N2O4.H2O/c1-10(12-11,9(15)16)5-6-2-3-7(13)8(14)4-6;/h2-4,12-14H,5,11H2,1H3,(H,15,16);1H2/t10-;/m0./s1/i2D,3D,4D;. The van der Waals surface area contributed by atoms with Crippen molar-refractivity contribution in [2.45, 2.75) is 18.9 Å². The van der Waals surface area contributed by atoms with Crippen LogP contribution in [0.2, 0.25) is 0 Å². The summed E-state index contributed by atoms with van der Waals surface area (Å²) in [5.74, 6) is 2.10. The van der Waals surface area contributed by atoms with Gasteiger partial charge in [0.05, 0.1) is 4.11 Å². The Bertz CT molecular complexity index is 511. The van der Waals surface area contributed by atoms with Crippen LogP contribution in [0.25, 0.3) is 0 Å². The molecule has 7 heteroatoms. The molecule has 8 N–H and O–H groups in total. The van der Waals surface area contributed by atoms with Crippen molar-refractivity contribution in [2.24, 2.45) is 5.84 Å². The van der Waals surface area contributed by atoms with Gasteiger partial charge >= 0.3 is 5.97 Å². The van der Waals surface area contributed by atoms with Gasteiger partial charge in [0, 0.05) is 6.42 Å². The Labute approximate surface area is 102 Å². The molecule has 1 aromatic rings. The Balaban J connectivity index is 0.00000361. The summed E-state index contributed by atoms with van der Waals surface area (Å²) in [5, 5.41) is 27.8. The number of phenolic OH excluding ortho intramolecular Hbond substituents is 2. The van der Waals surface area contributed by atoms with E-state index in [1.165, 1.54) is 6.92 Å². The zero-order chi connectivity index (χ0) is 15.0. The van der Waals surface area contributed by atoms with Gasteiger partial charge in [0.15, 0.2) is 11.5 Å². The van der Waals surface area contributed by atoms with E-state index in [2.05, 4.69) is 5.43 Å². The number of hydrogen-bond acceptors (Lipinski definition) is 5. The highest BCUT2D eigenvalue weighted by Gasteiger charge is 2.32. The number of benzene rings is 1. The van der Waals surface area contributed by atoms with Gasteiger partial charge in [-0.3, -0.25) is 10.6 Å². The highest BCUT2D eigenvalue weighted by Crippen LogP contribution is 2.26. The molecule has 0 amide bonds. The maximum absolute atomic E-state index is 11.1. The minimum absolute atomic E-state index is 0. The molecule has 0 aliphatic rings. The number of carbonyl (C=O) groups is 1. The van der Waals surface area contributed by atoms with Gasteiger partial charge in [-0.25, -0.2) is 5.43 Å². The number of nitrogens with two attached hydrogens (primary N) is 1. The summed E-state index contributed by atoms with van der Waals surface area (Å²) < 4.78 is 22.6. The van der Waals surface area contributed by atoms with E-state index >= 15 is 0 Å².